The molecule has 0 amide bonds. The van der Waals surface area contributed by atoms with Crippen LogP contribution in [0.1, 0.15) is 22.7 Å². The Balaban J connectivity index is 1.98. The molecule has 0 spiro atoms. The van der Waals surface area contributed by atoms with E-state index in [4.69, 9.17) is 0 Å². The topological polar surface area (TPSA) is 30.7 Å². The molecule has 1 aliphatic heterocycles. The van der Waals surface area contributed by atoms with Gasteiger partial charge in [0.2, 0.25) is 0 Å². The Morgan fingerprint density at radius 2 is 2.11 bits per heavy atom. The van der Waals surface area contributed by atoms with E-state index in [1.807, 2.05) is 27.8 Å². The average molecular weight is 285 g/mol. The van der Waals surface area contributed by atoms with Gasteiger partial charge in [0.15, 0.2) is 0 Å². The minimum Gasteiger partial charge on any atom is -0.241 e. The second-order valence-electron chi connectivity index (χ2n) is 4.43. The molecule has 94 valence electrons. The van der Waals surface area contributed by atoms with Crippen molar-refractivity contribution in [3.05, 3.63) is 65.1 Å². The number of aromatic nitrogens is 3. The molecule has 3 aromatic rings. The quantitative estimate of drug-likeness (QED) is 0.684. The van der Waals surface area contributed by atoms with Crippen molar-refractivity contribution in [2.75, 3.05) is 0 Å². The minimum absolute atomic E-state index is 0.148. The van der Waals surface area contributed by atoms with Crippen LogP contribution in [0, 0.1) is 0 Å². The molecular formula is C14H11N3S2. The van der Waals surface area contributed by atoms with Gasteiger partial charge in [-0.15, -0.1) is 23.1 Å². The van der Waals surface area contributed by atoms with Crippen molar-refractivity contribution in [1.82, 2.24) is 14.8 Å². The molecule has 0 N–H and O–H groups in total. The predicted octanol–water partition coefficient (Wildman–Crippen LogP) is 3.58. The van der Waals surface area contributed by atoms with Gasteiger partial charge in [-0.25, -0.2) is 9.67 Å². The van der Waals surface area contributed by atoms with Crippen LogP contribution in [0.4, 0.5) is 0 Å². The molecule has 1 aromatic carbocycles. The lowest BCUT2D eigenvalue weighted by atomic mass is 9.97. The van der Waals surface area contributed by atoms with Gasteiger partial charge in [-0.05, 0) is 22.6 Å². The van der Waals surface area contributed by atoms with Crippen molar-refractivity contribution in [2.24, 2.45) is 0 Å². The Morgan fingerprint density at radius 3 is 3.00 bits per heavy atom. The van der Waals surface area contributed by atoms with Crippen LogP contribution in [0.15, 0.2) is 52.6 Å². The zero-order chi connectivity index (χ0) is 12.7. The molecular weight excluding hydrogens is 274 g/mol. The summed E-state index contributed by atoms with van der Waals surface area (Å²) in [4.78, 5) is 4.11. The predicted molar refractivity (Wildman–Crippen MR) is 77.6 cm³/mol. The number of hydrogen-bond donors (Lipinski definition) is 0. The molecule has 0 bridgehead atoms. The van der Waals surface area contributed by atoms with Crippen molar-refractivity contribution < 1.29 is 0 Å². The summed E-state index contributed by atoms with van der Waals surface area (Å²) in [6, 6.07) is 11.0. The smallest absolute Gasteiger partial charge is 0.137 e. The van der Waals surface area contributed by atoms with Crippen LogP contribution in [-0.2, 0) is 5.75 Å². The fraction of sp³-hybridized carbons (Fsp3) is 0.143. The summed E-state index contributed by atoms with van der Waals surface area (Å²) >= 11 is 3.73. The van der Waals surface area contributed by atoms with Crippen molar-refractivity contribution in [2.45, 2.75) is 16.0 Å². The third-order valence-electron chi connectivity index (χ3n) is 3.36. The maximum atomic E-state index is 4.36. The molecule has 1 atom stereocenters. The standard InChI is InChI=1S/C14H11N3S2/c1-2-4-11-10(3-1)7-19-14-12(5-6-18-14)13(11)17-9-15-8-16-17/h1-6,8-9,13H,7H2/t13-/m0/s1. The maximum Gasteiger partial charge on any atom is 0.137 e. The third kappa shape index (κ3) is 1.81. The van der Waals surface area contributed by atoms with E-state index in [1.54, 1.807) is 12.7 Å². The molecule has 3 heterocycles. The lowest BCUT2D eigenvalue weighted by molar-refractivity contribution is 0.588. The van der Waals surface area contributed by atoms with Crippen molar-refractivity contribution in [3.8, 4) is 0 Å². The molecule has 0 fully saturated rings. The van der Waals surface area contributed by atoms with E-state index in [2.05, 4.69) is 45.8 Å². The van der Waals surface area contributed by atoms with Gasteiger partial charge in [0.05, 0.1) is 4.21 Å². The van der Waals surface area contributed by atoms with Gasteiger partial charge in [0.25, 0.3) is 0 Å². The number of fused-ring (bicyclic) bond motifs is 2. The molecule has 5 heteroatoms. The van der Waals surface area contributed by atoms with Gasteiger partial charge in [0, 0.05) is 11.3 Å². The average Bonchev–Trinajstić information content (AvgIpc) is 3.09. The van der Waals surface area contributed by atoms with Crippen LogP contribution in [0.5, 0.6) is 0 Å². The van der Waals surface area contributed by atoms with E-state index < -0.39 is 0 Å². The fourth-order valence-corrected chi connectivity index (χ4v) is 4.67. The number of benzene rings is 1. The molecule has 0 saturated heterocycles. The first kappa shape index (κ1) is 11.3. The number of rotatable bonds is 1. The highest BCUT2D eigenvalue weighted by molar-refractivity contribution is 8.00. The largest absolute Gasteiger partial charge is 0.241 e. The van der Waals surface area contributed by atoms with Crippen LogP contribution in [0.3, 0.4) is 0 Å². The number of nitrogens with zero attached hydrogens (tertiary/aromatic N) is 3. The third-order valence-corrected chi connectivity index (χ3v) is 5.68. The van der Waals surface area contributed by atoms with Gasteiger partial charge in [-0.1, -0.05) is 24.3 Å². The van der Waals surface area contributed by atoms with E-state index >= 15 is 0 Å². The molecule has 4 rings (SSSR count). The summed E-state index contributed by atoms with van der Waals surface area (Å²) < 4.78 is 3.34. The molecule has 1 aliphatic rings. The van der Waals surface area contributed by atoms with E-state index in [-0.39, 0.29) is 6.04 Å². The maximum absolute atomic E-state index is 4.36. The normalized spacial score (nSPS) is 17.6. The highest BCUT2D eigenvalue weighted by atomic mass is 32.2. The fourth-order valence-electron chi connectivity index (χ4n) is 2.50. The van der Waals surface area contributed by atoms with Gasteiger partial charge in [-0.3, -0.25) is 0 Å². The highest BCUT2D eigenvalue weighted by Gasteiger charge is 2.26. The lowest BCUT2D eigenvalue weighted by Crippen LogP contribution is -2.13. The van der Waals surface area contributed by atoms with E-state index in [9.17, 15) is 0 Å². The number of hydrogen-bond acceptors (Lipinski definition) is 4. The van der Waals surface area contributed by atoms with E-state index in [0.717, 1.165) is 5.75 Å². The monoisotopic (exact) mass is 285 g/mol. The van der Waals surface area contributed by atoms with E-state index in [1.165, 1.54) is 20.9 Å². The summed E-state index contributed by atoms with van der Waals surface area (Å²) in [6.07, 6.45) is 3.41. The second-order valence-corrected chi connectivity index (χ2v) is 6.59. The number of thioether (sulfide) groups is 1. The zero-order valence-electron chi connectivity index (χ0n) is 10.1. The molecule has 0 unspecified atom stereocenters. The number of thiophene rings is 1. The molecule has 0 radical (unpaired) electrons. The first-order valence-corrected chi connectivity index (χ1v) is 7.92. The molecule has 19 heavy (non-hydrogen) atoms. The van der Waals surface area contributed by atoms with Crippen LogP contribution < -0.4 is 0 Å². The summed E-state index contributed by atoms with van der Waals surface area (Å²) in [5, 5.41) is 6.52. The van der Waals surface area contributed by atoms with Crippen LogP contribution in [-0.4, -0.2) is 14.8 Å². The zero-order valence-corrected chi connectivity index (χ0v) is 11.7. The first-order chi connectivity index (χ1) is 9.43. The Hall–Kier alpha value is -1.59. The molecule has 2 aromatic heterocycles. The molecule has 0 saturated carbocycles. The van der Waals surface area contributed by atoms with Crippen LogP contribution >= 0.6 is 23.1 Å². The van der Waals surface area contributed by atoms with Gasteiger partial charge >= 0.3 is 0 Å². The summed E-state index contributed by atoms with van der Waals surface area (Å²) in [5.41, 5.74) is 4.06. The minimum atomic E-state index is 0.148. The van der Waals surface area contributed by atoms with Gasteiger partial charge in [-0.2, -0.15) is 5.10 Å². The first-order valence-electron chi connectivity index (χ1n) is 6.05. The molecule has 3 nitrogen and oxygen atoms in total. The van der Waals surface area contributed by atoms with Crippen molar-refractivity contribution in [1.29, 1.82) is 0 Å². The summed E-state index contributed by atoms with van der Waals surface area (Å²) in [7, 11) is 0. The van der Waals surface area contributed by atoms with Crippen molar-refractivity contribution >= 4 is 23.1 Å². The van der Waals surface area contributed by atoms with E-state index in [0.29, 0.717) is 0 Å². The van der Waals surface area contributed by atoms with Gasteiger partial charge in [0.1, 0.15) is 18.7 Å². The van der Waals surface area contributed by atoms with Crippen LogP contribution in [0.25, 0.3) is 0 Å². The SMILES string of the molecule is c1ccc2c(c1)CSc1sccc1[C@H]2n1cncn1. The molecule has 0 aliphatic carbocycles. The highest BCUT2D eigenvalue weighted by Crippen LogP contribution is 2.43. The Kier molecular flexibility index (Phi) is 2.67. The summed E-state index contributed by atoms with van der Waals surface area (Å²) in [5.74, 6) is 1.02. The van der Waals surface area contributed by atoms with Crippen molar-refractivity contribution in [3.63, 3.8) is 0 Å². The van der Waals surface area contributed by atoms with Crippen LogP contribution in [0.2, 0.25) is 0 Å². The second kappa shape index (κ2) is 4.51. The Bertz CT molecular complexity index is 703. The Morgan fingerprint density at radius 1 is 1.16 bits per heavy atom. The van der Waals surface area contributed by atoms with Gasteiger partial charge < -0.3 is 0 Å². The summed E-state index contributed by atoms with van der Waals surface area (Å²) in [6.45, 7) is 0. The lowest BCUT2D eigenvalue weighted by Gasteiger charge is -2.18. The Labute approximate surface area is 119 Å².